The third kappa shape index (κ3) is 2.72. The number of hydrogen-bond acceptors (Lipinski definition) is 3. The molecular formula is C13H16N4. The first-order chi connectivity index (χ1) is 8.31. The van der Waals surface area contributed by atoms with Crippen molar-refractivity contribution in [2.45, 2.75) is 20.0 Å². The Morgan fingerprint density at radius 3 is 3.06 bits per heavy atom. The molecule has 2 aromatic heterocycles. The lowest BCUT2D eigenvalue weighted by molar-refractivity contribution is 0.816. The Morgan fingerprint density at radius 1 is 1.41 bits per heavy atom. The minimum atomic E-state index is 0.681. The quantitative estimate of drug-likeness (QED) is 0.799. The zero-order valence-electron chi connectivity index (χ0n) is 9.93. The number of aryl methyl sites for hydroxylation is 1. The van der Waals surface area contributed by atoms with Crippen LogP contribution in [0.4, 0.5) is 5.95 Å². The van der Waals surface area contributed by atoms with Gasteiger partial charge in [0.1, 0.15) is 0 Å². The molecule has 0 amide bonds. The van der Waals surface area contributed by atoms with Crippen LogP contribution in [-0.4, -0.2) is 14.5 Å². The van der Waals surface area contributed by atoms with Crippen LogP contribution in [0.2, 0.25) is 0 Å². The van der Waals surface area contributed by atoms with Gasteiger partial charge in [-0.3, -0.25) is 4.98 Å². The highest BCUT2D eigenvalue weighted by Gasteiger charge is 2.02. The first-order valence-corrected chi connectivity index (χ1v) is 5.57. The van der Waals surface area contributed by atoms with Gasteiger partial charge in [0, 0.05) is 25.1 Å². The predicted molar refractivity (Wildman–Crippen MR) is 68.7 cm³/mol. The van der Waals surface area contributed by atoms with Crippen molar-refractivity contribution in [3.8, 4) is 0 Å². The normalized spacial score (nSPS) is 10.2. The largest absolute Gasteiger partial charge is 0.350 e. The zero-order chi connectivity index (χ0) is 12.1. The molecule has 88 valence electrons. The highest BCUT2D eigenvalue weighted by molar-refractivity contribution is 5.29. The van der Waals surface area contributed by atoms with Gasteiger partial charge in [0.05, 0.1) is 12.2 Å². The molecule has 2 rings (SSSR count). The number of imidazole rings is 1. The number of hydrogen-bond donors (Lipinski definition) is 1. The summed E-state index contributed by atoms with van der Waals surface area (Å²) in [6, 6.07) is 4.00. The maximum absolute atomic E-state index is 4.33. The summed E-state index contributed by atoms with van der Waals surface area (Å²) in [5.74, 6) is 0.843. The summed E-state index contributed by atoms with van der Waals surface area (Å²) in [6.07, 6.45) is 7.35. The van der Waals surface area contributed by atoms with E-state index in [1.54, 1.807) is 12.4 Å². The van der Waals surface area contributed by atoms with Crippen LogP contribution in [0.25, 0.3) is 0 Å². The van der Waals surface area contributed by atoms with Gasteiger partial charge < -0.3 is 9.88 Å². The van der Waals surface area contributed by atoms with Crippen LogP contribution in [0.3, 0.4) is 0 Å². The number of pyridine rings is 1. The van der Waals surface area contributed by atoms with Gasteiger partial charge >= 0.3 is 0 Å². The van der Waals surface area contributed by atoms with Crippen molar-refractivity contribution in [1.29, 1.82) is 0 Å². The van der Waals surface area contributed by atoms with E-state index in [1.807, 2.05) is 22.9 Å². The van der Waals surface area contributed by atoms with Gasteiger partial charge in [0.25, 0.3) is 0 Å². The Balaban J connectivity index is 2.05. The molecule has 0 atom stereocenters. The molecule has 0 aliphatic rings. The zero-order valence-corrected chi connectivity index (χ0v) is 9.93. The van der Waals surface area contributed by atoms with Gasteiger partial charge in [-0.1, -0.05) is 12.1 Å². The highest BCUT2D eigenvalue weighted by Crippen LogP contribution is 2.08. The molecule has 17 heavy (non-hydrogen) atoms. The molecular weight excluding hydrogens is 212 g/mol. The summed E-state index contributed by atoms with van der Waals surface area (Å²) < 4.78 is 2.01. The van der Waals surface area contributed by atoms with Gasteiger partial charge in [-0.15, -0.1) is 6.58 Å². The van der Waals surface area contributed by atoms with Crippen molar-refractivity contribution in [1.82, 2.24) is 14.5 Å². The van der Waals surface area contributed by atoms with Crippen molar-refractivity contribution in [3.63, 3.8) is 0 Å². The lowest BCUT2D eigenvalue weighted by atomic mass is 10.2. The molecule has 0 bridgehead atoms. The minimum absolute atomic E-state index is 0.681. The van der Waals surface area contributed by atoms with Crippen molar-refractivity contribution in [2.24, 2.45) is 0 Å². The van der Waals surface area contributed by atoms with Gasteiger partial charge in [-0.2, -0.15) is 0 Å². The molecule has 4 nitrogen and oxygen atoms in total. The summed E-state index contributed by atoms with van der Waals surface area (Å²) in [7, 11) is 0. The summed E-state index contributed by atoms with van der Waals surface area (Å²) in [6.45, 7) is 7.21. The molecule has 2 aromatic rings. The molecule has 0 saturated carbocycles. The van der Waals surface area contributed by atoms with Gasteiger partial charge in [-0.25, -0.2) is 4.98 Å². The number of nitrogens with one attached hydrogen (secondary N) is 1. The monoisotopic (exact) mass is 228 g/mol. The second-order valence-corrected chi connectivity index (χ2v) is 3.81. The Bertz CT molecular complexity index is 502. The van der Waals surface area contributed by atoms with E-state index in [2.05, 4.69) is 34.9 Å². The van der Waals surface area contributed by atoms with Crippen LogP contribution in [0.15, 0.2) is 43.4 Å². The molecule has 0 unspecified atom stereocenters. The summed E-state index contributed by atoms with van der Waals surface area (Å²) in [4.78, 5) is 8.59. The van der Waals surface area contributed by atoms with E-state index >= 15 is 0 Å². The van der Waals surface area contributed by atoms with Crippen molar-refractivity contribution in [3.05, 3.63) is 54.6 Å². The Labute approximate surface area is 101 Å². The predicted octanol–water partition coefficient (Wildman–Crippen LogP) is 2.38. The molecule has 0 spiro atoms. The third-order valence-corrected chi connectivity index (χ3v) is 2.57. The second kappa shape index (κ2) is 5.30. The average molecular weight is 228 g/mol. The molecule has 1 N–H and O–H groups in total. The van der Waals surface area contributed by atoms with E-state index in [9.17, 15) is 0 Å². The fourth-order valence-electron chi connectivity index (χ4n) is 1.63. The molecule has 0 aliphatic carbocycles. The number of rotatable bonds is 5. The van der Waals surface area contributed by atoms with Crippen LogP contribution in [0.5, 0.6) is 0 Å². The Kier molecular flexibility index (Phi) is 3.55. The summed E-state index contributed by atoms with van der Waals surface area (Å²) >= 11 is 0. The maximum atomic E-state index is 4.33. The number of nitrogens with zero attached hydrogens (tertiary/aromatic N) is 3. The van der Waals surface area contributed by atoms with Crippen molar-refractivity contribution < 1.29 is 0 Å². The summed E-state index contributed by atoms with van der Waals surface area (Å²) in [5.41, 5.74) is 2.22. The molecule has 0 aromatic carbocycles. The van der Waals surface area contributed by atoms with E-state index < -0.39 is 0 Å². The van der Waals surface area contributed by atoms with Crippen LogP contribution in [0, 0.1) is 6.92 Å². The lowest BCUT2D eigenvalue weighted by Crippen LogP contribution is -2.08. The van der Waals surface area contributed by atoms with E-state index in [0.717, 1.165) is 18.2 Å². The van der Waals surface area contributed by atoms with Crippen LogP contribution >= 0.6 is 0 Å². The van der Waals surface area contributed by atoms with E-state index in [4.69, 9.17) is 0 Å². The van der Waals surface area contributed by atoms with Crippen molar-refractivity contribution in [2.75, 3.05) is 5.32 Å². The van der Waals surface area contributed by atoms with E-state index in [0.29, 0.717) is 6.54 Å². The minimum Gasteiger partial charge on any atom is -0.350 e. The standard InChI is InChI=1S/C13H16N4/c1-3-8-17-9-7-15-13(17)16-10-12-11(2)5-4-6-14-12/h3-7,9H,1,8,10H2,2H3,(H,15,16). The molecule has 4 heteroatoms. The topological polar surface area (TPSA) is 42.7 Å². The van der Waals surface area contributed by atoms with Crippen LogP contribution in [0.1, 0.15) is 11.3 Å². The highest BCUT2D eigenvalue weighted by atomic mass is 15.2. The number of allylic oxidation sites excluding steroid dienone is 1. The first kappa shape index (κ1) is 11.4. The van der Waals surface area contributed by atoms with E-state index in [1.165, 1.54) is 5.56 Å². The molecule has 2 heterocycles. The molecule has 0 fully saturated rings. The fourth-order valence-corrected chi connectivity index (χ4v) is 1.63. The Morgan fingerprint density at radius 2 is 2.29 bits per heavy atom. The van der Waals surface area contributed by atoms with Gasteiger partial charge in [0.15, 0.2) is 0 Å². The second-order valence-electron chi connectivity index (χ2n) is 3.81. The van der Waals surface area contributed by atoms with Gasteiger partial charge in [-0.05, 0) is 18.6 Å². The van der Waals surface area contributed by atoms with Crippen LogP contribution in [-0.2, 0) is 13.1 Å². The number of anilines is 1. The maximum Gasteiger partial charge on any atom is 0.203 e. The van der Waals surface area contributed by atoms with Crippen molar-refractivity contribution >= 4 is 5.95 Å². The third-order valence-electron chi connectivity index (χ3n) is 2.57. The average Bonchev–Trinajstić information content (AvgIpc) is 2.76. The molecule has 0 saturated heterocycles. The summed E-state index contributed by atoms with van der Waals surface area (Å²) in [5, 5.41) is 3.28. The van der Waals surface area contributed by atoms with E-state index in [-0.39, 0.29) is 0 Å². The SMILES string of the molecule is C=CCn1ccnc1NCc1ncccc1C. The lowest BCUT2D eigenvalue weighted by Gasteiger charge is -2.08. The molecule has 0 radical (unpaired) electrons. The first-order valence-electron chi connectivity index (χ1n) is 5.57. The Hall–Kier alpha value is -2.10. The van der Waals surface area contributed by atoms with Gasteiger partial charge in [0.2, 0.25) is 5.95 Å². The fraction of sp³-hybridized carbons (Fsp3) is 0.231. The number of aromatic nitrogens is 3. The van der Waals surface area contributed by atoms with Crippen LogP contribution < -0.4 is 5.32 Å². The smallest absolute Gasteiger partial charge is 0.203 e. The molecule has 0 aliphatic heterocycles.